The van der Waals surface area contributed by atoms with Crippen LogP contribution in [0.25, 0.3) is 0 Å². The lowest BCUT2D eigenvalue weighted by Gasteiger charge is -2.10. The summed E-state index contributed by atoms with van der Waals surface area (Å²) in [4.78, 5) is 0. The van der Waals surface area contributed by atoms with Crippen molar-refractivity contribution in [3.05, 3.63) is 47.2 Å². The Morgan fingerprint density at radius 3 is 2.77 bits per heavy atom. The average molecular weight is 386 g/mol. The molecule has 0 saturated heterocycles. The van der Waals surface area contributed by atoms with Gasteiger partial charge in [0.15, 0.2) is 10.9 Å². The highest BCUT2D eigenvalue weighted by Crippen LogP contribution is 2.29. The molecule has 1 heterocycles. The van der Waals surface area contributed by atoms with Crippen molar-refractivity contribution in [1.82, 2.24) is 15.1 Å². The highest BCUT2D eigenvalue weighted by Gasteiger charge is 2.30. The summed E-state index contributed by atoms with van der Waals surface area (Å²) in [6.45, 7) is 3.39. The molecule has 0 aliphatic carbocycles. The number of thiocarbonyl (C=S) groups is 1. The van der Waals surface area contributed by atoms with Gasteiger partial charge in [-0.05, 0) is 43.3 Å². The molecule has 2 aromatic rings. The van der Waals surface area contributed by atoms with E-state index >= 15 is 0 Å². The Balaban J connectivity index is 1.99. The van der Waals surface area contributed by atoms with Gasteiger partial charge < -0.3 is 15.4 Å². The molecule has 0 fully saturated rings. The minimum absolute atomic E-state index is 0.242. The van der Waals surface area contributed by atoms with Gasteiger partial charge in [0.25, 0.3) is 0 Å². The molecule has 26 heavy (non-hydrogen) atoms. The molecule has 0 bridgehead atoms. The van der Waals surface area contributed by atoms with E-state index in [1.165, 1.54) is 6.07 Å². The predicted molar refractivity (Wildman–Crippen MR) is 98.2 cm³/mol. The number of anilines is 1. The van der Waals surface area contributed by atoms with Gasteiger partial charge in [-0.1, -0.05) is 12.1 Å². The zero-order chi connectivity index (χ0) is 19.2. The number of hydrogen-bond acceptors (Lipinski definition) is 3. The summed E-state index contributed by atoms with van der Waals surface area (Å²) in [5.41, 5.74) is 0.671. The van der Waals surface area contributed by atoms with Gasteiger partial charge in [0, 0.05) is 32.0 Å². The van der Waals surface area contributed by atoms with E-state index in [2.05, 4.69) is 15.7 Å². The Labute approximate surface area is 155 Å². The van der Waals surface area contributed by atoms with Crippen molar-refractivity contribution in [3.8, 4) is 0 Å². The van der Waals surface area contributed by atoms with E-state index in [0.717, 1.165) is 24.2 Å². The molecular formula is C17H21F3N4OS. The SMILES string of the molecule is COCCCNC(=S)Nc1cc(C)n(Cc2cccc(C(F)(F)F)c2)n1. The minimum atomic E-state index is -4.36. The van der Waals surface area contributed by atoms with Crippen molar-refractivity contribution >= 4 is 23.1 Å². The van der Waals surface area contributed by atoms with Gasteiger partial charge in [0.2, 0.25) is 0 Å². The molecule has 1 aromatic heterocycles. The van der Waals surface area contributed by atoms with Gasteiger partial charge in [-0.15, -0.1) is 0 Å². The van der Waals surface area contributed by atoms with Crippen LogP contribution < -0.4 is 10.6 Å². The summed E-state index contributed by atoms with van der Waals surface area (Å²) in [6.07, 6.45) is -3.54. The molecule has 0 aliphatic heterocycles. The molecule has 0 radical (unpaired) electrons. The summed E-state index contributed by atoms with van der Waals surface area (Å²) < 4.78 is 45.1. The maximum Gasteiger partial charge on any atom is 0.416 e. The molecule has 9 heteroatoms. The van der Waals surface area contributed by atoms with E-state index in [1.807, 2.05) is 6.92 Å². The molecule has 142 valence electrons. The first-order valence-electron chi connectivity index (χ1n) is 8.04. The third-order valence-electron chi connectivity index (χ3n) is 3.62. The molecule has 1 aromatic carbocycles. The Hall–Kier alpha value is -2.13. The number of aromatic nitrogens is 2. The van der Waals surface area contributed by atoms with Crippen LogP contribution in [0.15, 0.2) is 30.3 Å². The van der Waals surface area contributed by atoms with Crippen LogP contribution in [0.4, 0.5) is 19.0 Å². The minimum Gasteiger partial charge on any atom is -0.385 e. The fraction of sp³-hybridized carbons (Fsp3) is 0.412. The molecule has 0 aliphatic rings. The van der Waals surface area contributed by atoms with E-state index in [4.69, 9.17) is 17.0 Å². The number of rotatable bonds is 7. The zero-order valence-electron chi connectivity index (χ0n) is 14.6. The van der Waals surface area contributed by atoms with Crippen LogP contribution in [0.2, 0.25) is 0 Å². The zero-order valence-corrected chi connectivity index (χ0v) is 15.4. The molecule has 5 nitrogen and oxygen atoms in total. The van der Waals surface area contributed by atoms with Crippen LogP contribution in [0, 0.1) is 6.92 Å². The highest BCUT2D eigenvalue weighted by molar-refractivity contribution is 7.80. The van der Waals surface area contributed by atoms with Crippen molar-refractivity contribution in [2.24, 2.45) is 0 Å². The first-order valence-corrected chi connectivity index (χ1v) is 8.45. The fourth-order valence-corrected chi connectivity index (χ4v) is 2.54. The fourth-order valence-electron chi connectivity index (χ4n) is 2.33. The number of alkyl halides is 3. The summed E-state index contributed by atoms with van der Waals surface area (Å²) in [5.74, 6) is 0.540. The average Bonchev–Trinajstić information content (AvgIpc) is 2.90. The van der Waals surface area contributed by atoms with Crippen LogP contribution >= 0.6 is 12.2 Å². The van der Waals surface area contributed by atoms with E-state index in [-0.39, 0.29) is 6.54 Å². The van der Waals surface area contributed by atoms with Crippen molar-refractivity contribution in [2.75, 3.05) is 25.6 Å². The molecule has 0 spiro atoms. The number of ether oxygens (including phenoxy) is 1. The van der Waals surface area contributed by atoms with E-state index < -0.39 is 11.7 Å². The monoisotopic (exact) mass is 386 g/mol. The third-order valence-corrected chi connectivity index (χ3v) is 3.87. The van der Waals surface area contributed by atoms with Crippen molar-refractivity contribution in [1.29, 1.82) is 0 Å². The summed E-state index contributed by atoms with van der Waals surface area (Å²) in [6, 6.07) is 7.02. The molecule has 2 rings (SSSR count). The molecule has 0 amide bonds. The number of hydrogen-bond donors (Lipinski definition) is 2. The lowest BCUT2D eigenvalue weighted by Crippen LogP contribution is -2.30. The number of nitrogens with one attached hydrogen (secondary N) is 2. The Morgan fingerprint density at radius 1 is 1.31 bits per heavy atom. The smallest absolute Gasteiger partial charge is 0.385 e. The summed E-state index contributed by atoms with van der Waals surface area (Å²) >= 11 is 5.19. The topological polar surface area (TPSA) is 51.1 Å². The Morgan fingerprint density at radius 2 is 2.08 bits per heavy atom. The van der Waals surface area contributed by atoms with Crippen molar-refractivity contribution in [2.45, 2.75) is 26.1 Å². The Kier molecular flexibility index (Phi) is 6.98. The third kappa shape index (κ3) is 5.99. The lowest BCUT2D eigenvalue weighted by atomic mass is 10.1. The largest absolute Gasteiger partial charge is 0.416 e. The molecular weight excluding hydrogens is 365 g/mol. The first-order chi connectivity index (χ1) is 12.3. The van der Waals surface area contributed by atoms with Crippen LogP contribution in [0.1, 0.15) is 23.2 Å². The number of halogens is 3. The van der Waals surface area contributed by atoms with Crippen molar-refractivity contribution < 1.29 is 17.9 Å². The lowest BCUT2D eigenvalue weighted by molar-refractivity contribution is -0.137. The first kappa shape index (κ1) is 20.2. The second-order valence-electron chi connectivity index (χ2n) is 5.75. The normalized spacial score (nSPS) is 11.4. The number of benzene rings is 1. The number of methoxy groups -OCH3 is 1. The van der Waals surface area contributed by atoms with Crippen LogP contribution in [0.5, 0.6) is 0 Å². The quantitative estimate of drug-likeness (QED) is 0.563. The van der Waals surface area contributed by atoms with Crippen LogP contribution in [0.3, 0.4) is 0 Å². The van der Waals surface area contributed by atoms with E-state index in [0.29, 0.717) is 29.6 Å². The van der Waals surface area contributed by atoms with Crippen molar-refractivity contribution in [3.63, 3.8) is 0 Å². The van der Waals surface area contributed by atoms with Gasteiger partial charge in [-0.2, -0.15) is 18.3 Å². The number of nitrogens with zero attached hydrogens (tertiary/aromatic N) is 2. The summed E-state index contributed by atoms with van der Waals surface area (Å²) in [5, 5.41) is 10.8. The number of aryl methyl sites for hydroxylation is 1. The molecule has 0 unspecified atom stereocenters. The van der Waals surface area contributed by atoms with Gasteiger partial charge in [-0.25, -0.2) is 0 Å². The Bertz CT molecular complexity index is 746. The predicted octanol–water partition coefficient (Wildman–Crippen LogP) is 3.58. The van der Waals surface area contributed by atoms with Gasteiger partial charge >= 0.3 is 6.18 Å². The highest BCUT2D eigenvalue weighted by atomic mass is 32.1. The molecule has 0 atom stereocenters. The molecule has 2 N–H and O–H groups in total. The van der Waals surface area contributed by atoms with Crippen LogP contribution in [-0.4, -0.2) is 35.2 Å². The second-order valence-corrected chi connectivity index (χ2v) is 6.16. The summed E-state index contributed by atoms with van der Waals surface area (Å²) in [7, 11) is 1.64. The standard InChI is InChI=1S/C17H21F3N4OS/c1-12-9-15(22-16(26)21-7-4-8-25-2)23-24(12)11-13-5-3-6-14(10-13)17(18,19)20/h3,5-6,9-10H,4,7-8,11H2,1-2H3,(H2,21,22,23,26). The second kappa shape index (κ2) is 9.00. The van der Waals surface area contributed by atoms with E-state index in [1.54, 1.807) is 23.9 Å². The van der Waals surface area contributed by atoms with E-state index in [9.17, 15) is 13.2 Å². The molecule has 0 saturated carbocycles. The maximum atomic E-state index is 12.8. The maximum absolute atomic E-state index is 12.8. The van der Waals surface area contributed by atoms with Crippen LogP contribution in [-0.2, 0) is 17.5 Å². The van der Waals surface area contributed by atoms with Gasteiger partial charge in [0.05, 0.1) is 12.1 Å². The van der Waals surface area contributed by atoms with Gasteiger partial charge in [-0.3, -0.25) is 4.68 Å². The van der Waals surface area contributed by atoms with Gasteiger partial charge in [0.1, 0.15) is 0 Å².